The molecule has 1 nitrogen and oxygen atoms in total. The molecule has 0 saturated heterocycles. The van der Waals surface area contributed by atoms with Gasteiger partial charge in [0.15, 0.2) is 0 Å². The van der Waals surface area contributed by atoms with Crippen LogP contribution in [0.5, 0.6) is 5.75 Å². The van der Waals surface area contributed by atoms with Crippen molar-refractivity contribution in [2.75, 3.05) is 0 Å². The molecule has 0 amide bonds. The van der Waals surface area contributed by atoms with Crippen molar-refractivity contribution in [3.8, 4) is 5.75 Å². The van der Waals surface area contributed by atoms with Gasteiger partial charge in [-0.25, -0.2) is 0 Å². The van der Waals surface area contributed by atoms with E-state index < -0.39 is 8.32 Å². The second kappa shape index (κ2) is 6.47. The minimum absolute atomic E-state index is 0.460. The normalized spacial score (nSPS) is 16.6. The molecule has 0 spiro atoms. The van der Waals surface area contributed by atoms with E-state index in [4.69, 9.17) is 4.43 Å². The number of para-hydroxylation sites is 1. The number of hydrogen-bond acceptors (Lipinski definition) is 1. The summed E-state index contributed by atoms with van der Waals surface area (Å²) in [6.07, 6.45) is 6.79. The van der Waals surface area contributed by atoms with Gasteiger partial charge in [-0.2, -0.15) is 0 Å². The third-order valence-corrected chi connectivity index (χ3v) is 5.06. The molecule has 0 saturated carbocycles. The maximum atomic E-state index is 6.30. The molecule has 0 N–H and O–H groups in total. The third-order valence-electron chi connectivity index (χ3n) is 3.46. The first-order valence-corrected chi connectivity index (χ1v) is 11.5. The van der Waals surface area contributed by atoms with E-state index in [0.29, 0.717) is 5.92 Å². The van der Waals surface area contributed by atoms with Gasteiger partial charge in [-0.1, -0.05) is 0 Å². The molecule has 0 radical (unpaired) electrons. The summed E-state index contributed by atoms with van der Waals surface area (Å²) in [5.41, 5.74) is 2.83. The van der Waals surface area contributed by atoms with Crippen LogP contribution in [0, 0.1) is 0 Å². The molecular weight excluding hydrogens is 296 g/mol. The van der Waals surface area contributed by atoms with Gasteiger partial charge in [0, 0.05) is 0 Å². The molecule has 1 unspecified atom stereocenters. The number of rotatable bonds is 5. The van der Waals surface area contributed by atoms with E-state index in [2.05, 4.69) is 83.4 Å². The van der Waals surface area contributed by atoms with E-state index in [1.54, 1.807) is 0 Å². The third kappa shape index (κ3) is 3.75. The summed E-state index contributed by atoms with van der Waals surface area (Å²) in [6.45, 7) is 8.99. The Morgan fingerprint density at radius 3 is 2.50 bits per heavy atom. The van der Waals surface area contributed by atoms with E-state index >= 15 is 0 Å². The molecule has 1 aliphatic carbocycles. The van der Waals surface area contributed by atoms with E-state index in [0.717, 1.165) is 18.6 Å². The van der Waals surface area contributed by atoms with Gasteiger partial charge in [0.05, 0.1) is 0 Å². The summed E-state index contributed by atoms with van der Waals surface area (Å²) < 4.78 is 7.80. The average molecular weight is 319 g/mol. The summed E-state index contributed by atoms with van der Waals surface area (Å²) in [4.78, 5) is 0. The fourth-order valence-electron chi connectivity index (χ4n) is 2.65. The fourth-order valence-corrected chi connectivity index (χ4v) is 4.08. The van der Waals surface area contributed by atoms with Crippen molar-refractivity contribution in [3.05, 3.63) is 51.4 Å². The van der Waals surface area contributed by atoms with Crippen LogP contribution < -0.4 is 4.43 Å². The molecule has 0 fully saturated rings. The zero-order chi connectivity index (χ0) is 14.8. The summed E-state index contributed by atoms with van der Waals surface area (Å²) in [5.74, 6) is 1.54. The molecule has 0 bridgehead atoms. The summed E-state index contributed by atoms with van der Waals surface area (Å²) in [7, 11) is -1.58. The molecule has 0 heterocycles. The second-order valence-electron chi connectivity index (χ2n) is 6.25. The quantitative estimate of drug-likeness (QED) is 0.682. The zero-order valence-corrected chi connectivity index (χ0v) is 15.4. The van der Waals surface area contributed by atoms with E-state index in [-0.39, 0.29) is 0 Å². The Balaban J connectivity index is 2.40. The van der Waals surface area contributed by atoms with Crippen LogP contribution in [0.1, 0.15) is 31.2 Å². The molecule has 105 valence electrons. The Hall–Kier alpha value is -0.569. The van der Waals surface area contributed by atoms with Crippen molar-refractivity contribution in [3.63, 3.8) is 0 Å². The maximum absolute atomic E-state index is 6.30. The first-order chi connectivity index (χ1) is 9.42. The van der Waals surface area contributed by atoms with Crippen molar-refractivity contribution >= 4 is 8.32 Å². The van der Waals surface area contributed by atoms with Crippen LogP contribution in [0.2, 0.25) is 19.6 Å². The van der Waals surface area contributed by atoms with E-state index in [9.17, 15) is 0 Å². The van der Waals surface area contributed by atoms with Crippen LogP contribution in [0.4, 0.5) is 0 Å². The van der Waals surface area contributed by atoms with Crippen molar-refractivity contribution in [2.45, 2.75) is 45.3 Å². The first-order valence-electron chi connectivity index (χ1n) is 7.31. The van der Waals surface area contributed by atoms with Crippen LogP contribution in [-0.4, -0.2) is 8.32 Å². The molecule has 1 atom stereocenters. The topological polar surface area (TPSA) is 9.23 Å². The average Bonchev–Trinajstić information content (AvgIpc) is 2.77. The van der Waals surface area contributed by atoms with Crippen LogP contribution in [0.15, 0.2) is 45.9 Å². The van der Waals surface area contributed by atoms with Gasteiger partial charge in [0.2, 0.25) is 0 Å². The van der Waals surface area contributed by atoms with E-state index in [1.165, 1.54) is 15.0 Å². The van der Waals surface area contributed by atoms with Crippen molar-refractivity contribution < 1.29 is 24.9 Å². The molecule has 1 aromatic rings. The second-order valence-corrected chi connectivity index (χ2v) is 11.6. The van der Waals surface area contributed by atoms with Crippen LogP contribution in [0.3, 0.4) is 0 Å². The number of allylic oxidation sites excluding steroid dienone is 4. The van der Waals surface area contributed by atoms with Gasteiger partial charge < -0.3 is 0 Å². The number of hydrogen-bond donors (Lipinski definition) is 0. The van der Waals surface area contributed by atoms with Crippen molar-refractivity contribution in [1.29, 1.82) is 0 Å². The van der Waals surface area contributed by atoms with Crippen LogP contribution >= 0.6 is 0 Å². The van der Waals surface area contributed by atoms with E-state index in [1.807, 2.05) is 0 Å². The Morgan fingerprint density at radius 2 is 1.95 bits per heavy atom. The minimum atomic E-state index is -1.58. The summed E-state index contributed by atoms with van der Waals surface area (Å²) >= 11 is 2.25. The predicted molar refractivity (Wildman–Crippen MR) is 84.2 cm³/mol. The summed E-state index contributed by atoms with van der Waals surface area (Å²) in [5, 5.41) is 0. The van der Waals surface area contributed by atoms with Gasteiger partial charge in [0.1, 0.15) is 0 Å². The predicted octanol–water partition coefficient (Wildman–Crippen LogP) is 5.15. The van der Waals surface area contributed by atoms with Gasteiger partial charge in [0.25, 0.3) is 0 Å². The van der Waals surface area contributed by atoms with Gasteiger partial charge >= 0.3 is 136 Å². The Morgan fingerprint density at radius 1 is 1.25 bits per heavy atom. The molecule has 1 aromatic carbocycles. The van der Waals surface area contributed by atoms with Crippen LogP contribution in [0.25, 0.3) is 0 Å². The van der Waals surface area contributed by atoms with Crippen molar-refractivity contribution in [2.24, 2.45) is 0 Å². The van der Waals surface area contributed by atoms with Gasteiger partial charge in [-0.05, 0) is 0 Å². The van der Waals surface area contributed by atoms with Gasteiger partial charge in [-0.3, -0.25) is 0 Å². The molecule has 3 heteroatoms. The molecule has 0 aromatic heterocycles. The Bertz CT molecular complexity index is 540. The molecule has 1 aliphatic rings. The molecule has 20 heavy (non-hydrogen) atoms. The Kier molecular flexibility index (Phi) is 5.11. The SMILES string of the molecule is CCC(C1=[C]([Ti])CC=C1)c1ccccc1O[Si](C)(C)C. The molecule has 0 aliphatic heterocycles. The fraction of sp³-hybridized carbons (Fsp3) is 0.412. The molecule has 2 rings (SSSR count). The van der Waals surface area contributed by atoms with Crippen LogP contribution in [-0.2, 0) is 20.4 Å². The zero-order valence-electron chi connectivity index (χ0n) is 12.9. The van der Waals surface area contributed by atoms with Gasteiger partial charge in [-0.15, -0.1) is 0 Å². The standard InChI is InChI=1S/C17H23OSi.Ti/c1-5-15(14-10-6-7-11-14)16-12-8-9-13-17(16)18-19(2,3)4;/h6,8-10,12-13,15H,5,7H2,1-4H3;. The van der Waals surface area contributed by atoms with Crippen molar-refractivity contribution in [1.82, 2.24) is 0 Å². The Labute approximate surface area is 135 Å². The monoisotopic (exact) mass is 319 g/mol. The first kappa shape index (κ1) is 15.8. The molecular formula is C17H23OSiTi. The number of benzene rings is 1. The summed E-state index contributed by atoms with van der Waals surface area (Å²) in [6, 6.07) is 8.57.